The van der Waals surface area contributed by atoms with E-state index in [4.69, 9.17) is 22.8 Å². The summed E-state index contributed by atoms with van der Waals surface area (Å²) in [6, 6.07) is 0. The maximum Gasteiger partial charge on any atom is 0.333 e. The molecule has 10 heteroatoms. The molecule has 0 radical (unpaired) electrons. The molecule has 0 fully saturated rings. The normalized spacial score (nSPS) is 12.6. The van der Waals surface area contributed by atoms with E-state index < -0.39 is 26.5 Å². The molecule has 0 bridgehead atoms. The lowest BCUT2D eigenvalue weighted by Gasteiger charge is -2.29. The monoisotopic (exact) mass is 1360 g/mol. The Kier molecular flexibility index (Phi) is 72.8. The number of carbonyl (C=O) groups is 1. The van der Waals surface area contributed by atoms with E-state index in [0.717, 1.165) is 64.2 Å². The highest BCUT2D eigenvalue weighted by molar-refractivity contribution is 7.55. The van der Waals surface area contributed by atoms with E-state index in [0.29, 0.717) is 45.7 Å². The second-order valence-corrected chi connectivity index (χ2v) is 34.9. The molecule has 0 aromatic rings. The maximum absolute atomic E-state index is 15.6. The van der Waals surface area contributed by atoms with Gasteiger partial charge < -0.3 is 22.8 Å². The molecule has 0 saturated heterocycles. The van der Waals surface area contributed by atoms with Crippen molar-refractivity contribution in [3.05, 3.63) is 0 Å². The van der Waals surface area contributed by atoms with Crippen molar-refractivity contribution in [2.45, 2.75) is 496 Å². The van der Waals surface area contributed by atoms with E-state index in [1.165, 1.54) is 347 Å². The first-order chi connectivity index (χ1) is 45.4. The molecule has 0 spiro atoms. The van der Waals surface area contributed by atoms with Gasteiger partial charge in [0, 0.05) is 6.42 Å². The fourth-order valence-electron chi connectivity index (χ4n) is 13.4. The molecular formula is C83H168O8P2. The molecule has 0 aromatic carbocycles. The Morgan fingerprint density at radius 3 is 0.667 bits per heavy atom. The highest BCUT2D eigenvalue weighted by atomic mass is 31.2. The summed E-state index contributed by atoms with van der Waals surface area (Å²) in [5.74, 6) is -0.255. The van der Waals surface area contributed by atoms with Crippen LogP contribution in [0.15, 0.2) is 0 Å². The third kappa shape index (κ3) is 70.0. The van der Waals surface area contributed by atoms with Gasteiger partial charge in [-0.25, -0.2) is 0 Å². The number of unbranched alkanes of at least 4 members (excludes halogenated alkanes) is 60. The Labute approximate surface area is 583 Å². The van der Waals surface area contributed by atoms with Crippen LogP contribution in [0.3, 0.4) is 0 Å². The summed E-state index contributed by atoms with van der Waals surface area (Å²) in [6.45, 7) is 16.4. The highest BCUT2D eigenvalue weighted by Crippen LogP contribution is 2.59. The first kappa shape index (κ1) is 92.8. The zero-order valence-electron chi connectivity index (χ0n) is 64.4. The molecule has 0 aliphatic heterocycles. The highest BCUT2D eigenvalue weighted by Gasteiger charge is 2.38. The molecule has 0 N–H and O–H groups in total. The molecule has 1 unspecified atom stereocenters. The Morgan fingerprint density at radius 2 is 0.462 bits per heavy atom. The molecule has 558 valence electrons. The Morgan fingerprint density at radius 1 is 0.269 bits per heavy atom. The standard InChI is InChI=1S/C83H168O8P2/c1-8-12-16-20-24-28-32-36-40-44-48-52-56-60-64-68-76-87-92(85,88-77-69-65-61-57-53-49-45-41-37-33-29-25-21-17-13-9-2)80-75-81(73-72-74-82(84)91-83(5,6)7)93(86,89-78-70-66-62-58-54-50-46-42-38-34-30-26-22-18-14-10-3)90-79-71-67-63-59-55-51-47-43-39-35-31-27-23-19-15-11-4/h81H,8-80H2,1-7H3. The predicted molar refractivity (Wildman–Crippen MR) is 410 cm³/mol. The molecule has 0 amide bonds. The second kappa shape index (κ2) is 73.0. The van der Waals surface area contributed by atoms with Crippen molar-refractivity contribution in [2.75, 3.05) is 32.6 Å². The zero-order valence-corrected chi connectivity index (χ0v) is 66.1. The SMILES string of the molecule is CCCCCCCCCCCCCCCCCCOP(=O)(CCC(CCCC(=O)OC(C)(C)C)P(=O)(OCCCCCCCCCCCCCCCCCC)OCCCCCCCCCCCCCCCCCC)OCCCCCCCCCCCCCCCCCC. The summed E-state index contributed by atoms with van der Waals surface area (Å²) in [4.78, 5) is 13.1. The van der Waals surface area contributed by atoms with E-state index in [-0.39, 0.29) is 18.6 Å². The lowest BCUT2D eigenvalue weighted by Crippen LogP contribution is -2.24. The van der Waals surface area contributed by atoms with Gasteiger partial charge in [0.05, 0.1) is 38.2 Å². The zero-order chi connectivity index (χ0) is 67.8. The summed E-state index contributed by atoms with van der Waals surface area (Å²) in [7, 11) is -7.27. The van der Waals surface area contributed by atoms with Gasteiger partial charge in [0.2, 0.25) is 0 Å². The van der Waals surface area contributed by atoms with Gasteiger partial charge in [-0.1, -0.05) is 413 Å². The van der Waals surface area contributed by atoms with Crippen molar-refractivity contribution in [1.29, 1.82) is 0 Å². The van der Waals surface area contributed by atoms with Crippen LogP contribution < -0.4 is 0 Å². The average Bonchev–Trinajstić information content (AvgIpc) is 1.69. The van der Waals surface area contributed by atoms with Gasteiger partial charge in [-0.2, -0.15) is 0 Å². The Balaban J connectivity index is 5.86. The van der Waals surface area contributed by atoms with Crippen LogP contribution in [0.1, 0.15) is 485 Å². The third-order valence-corrected chi connectivity index (χ3v) is 24.1. The minimum absolute atomic E-state index is 0.163. The quantitative estimate of drug-likeness (QED) is 0.0337. The Bertz CT molecular complexity index is 1480. The first-order valence-electron chi connectivity index (χ1n) is 42.4. The van der Waals surface area contributed by atoms with Gasteiger partial charge in [-0.3, -0.25) is 13.9 Å². The molecule has 93 heavy (non-hydrogen) atoms. The fraction of sp³-hybridized carbons (Fsp3) is 0.988. The average molecular weight is 1360 g/mol. The van der Waals surface area contributed by atoms with Crippen LogP contribution in [0.5, 0.6) is 0 Å². The lowest BCUT2D eigenvalue weighted by molar-refractivity contribution is -0.154. The number of esters is 1. The molecule has 8 nitrogen and oxygen atoms in total. The molecule has 0 heterocycles. The summed E-state index contributed by atoms with van der Waals surface area (Å²) in [5, 5.41) is 0. The van der Waals surface area contributed by atoms with Gasteiger partial charge in [-0.15, -0.1) is 0 Å². The van der Waals surface area contributed by atoms with E-state index in [1.54, 1.807) is 0 Å². The van der Waals surface area contributed by atoms with Gasteiger partial charge >= 0.3 is 21.2 Å². The summed E-state index contributed by atoms with van der Waals surface area (Å²) in [5.41, 5.74) is -1.12. The van der Waals surface area contributed by atoms with Crippen LogP contribution >= 0.6 is 15.2 Å². The molecule has 1 atom stereocenters. The molecule has 0 rings (SSSR count). The minimum Gasteiger partial charge on any atom is -0.460 e. The van der Waals surface area contributed by atoms with Crippen LogP contribution in [0.4, 0.5) is 0 Å². The van der Waals surface area contributed by atoms with Crippen molar-refractivity contribution in [3.8, 4) is 0 Å². The smallest absolute Gasteiger partial charge is 0.333 e. The summed E-state index contributed by atoms with van der Waals surface area (Å²) >= 11 is 0. The number of hydrogen-bond donors (Lipinski definition) is 0. The van der Waals surface area contributed by atoms with Crippen molar-refractivity contribution in [3.63, 3.8) is 0 Å². The van der Waals surface area contributed by atoms with Crippen LogP contribution in [-0.2, 0) is 36.8 Å². The number of ether oxygens (including phenoxy) is 1. The maximum atomic E-state index is 15.6. The van der Waals surface area contributed by atoms with E-state index in [9.17, 15) is 4.79 Å². The van der Waals surface area contributed by atoms with Crippen LogP contribution in [0, 0.1) is 0 Å². The van der Waals surface area contributed by atoms with Crippen molar-refractivity contribution in [2.24, 2.45) is 0 Å². The molecule has 0 aliphatic carbocycles. The number of hydrogen-bond acceptors (Lipinski definition) is 8. The largest absolute Gasteiger partial charge is 0.460 e. The van der Waals surface area contributed by atoms with Crippen LogP contribution in [-0.4, -0.2) is 49.8 Å². The molecule has 0 aromatic heterocycles. The first-order valence-corrected chi connectivity index (χ1v) is 45.8. The molecular weight excluding hydrogens is 1190 g/mol. The van der Waals surface area contributed by atoms with Gasteiger partial charge in [0.15, 0.2) is 0 Å². The van der Waals surface area contributed by atoms with Crippen LogP contribution in [0.25, 0.3) is 0 Å². The van der Waals surface area contributed by atoms with Crippen molar-refractivity contribution < 1.29 is 36.8 Å². The minimum atomic E-state index is -3.71. The number of rotatable bonds is 80. The van der Waals surface area contributed by atoms with Gasteiger partial charge in [0.25, 0.3) is 0 Å². The Hall–Kier alpha value is -0.230. The summed E-state index contributed by atoms with van der Waals surface area (Å²) < 4.78 is 62.4. The van der Waals surface area contributed by atoms with Crippen molar-refractivity contribution >= 4 is 21.2 Å². The second-order valence-electron chi connectivity index (χ2n) is 30.3. The predicted octanol–water partition coefficient (Wildman–Crippen LogP) is 30.8. The fourth-order valence-corrected chi connectivity index (χ4v) is 17.6. The van der Waals surface area contributed by atoms with Gasteiger partial charge in [-0.05, 0) is 65.7 Å². The van der Waals surface area contributed by atoms with Crippen LogP contribution in [0.2, 0.25) is 0 Å². The topological polar surface area (TPSA) is 97.4 Å². The molecule has 0 saturated carbocycles. The molecule has 0 aliphatic rings. The third-order valence-electron chi connectivity index (χ3n) is 19.6. The lowest BCUT2D eigenvalue weighted by atomic mass is 10.0. The van der Waals surface area contributed by atoms with E-state index in [2.05, 4.69) is 27.7 Å². The van der Waals surface area contributed by atoms with Crippen molar-refractivity contribution in [1.82, 2.24) is 0 Å². The van der Waals surface area contributed by atoms with E-state index in [1.807, 2.05) is 20.8 Å². The van der Waals surface area contributed by atoms with Gasteiger partial charge in [0.1, 0.15) is 5.60 Å². The number of carbonyl (C=O) groups excluding carboxylic acids is 1. The van der Waals surface area contributed by atoms with E-state index >= 15 is 9.13 Å². The summed E-state index contributed by atoms with van der Waals surface area (Å²) in [6.07, 6.45) is 84.5.